The van der Waals surface area contributed by atoms with Crippen molar-refractivity contribution in [3.8, 4) is 0 Å². The quantitative estimate of drug-likeness (QED) is 0.774. The SMILES string of the molecule is O=C(O)c1nn(C(=O)c2ccc(Cl)cc2Cl)c2ccccc12. The van der Waals surface area contributed by atoms with Gasteiger partial charge in [-0.3, -0.25) is 4.79 Å². The number of carbonyl (C=O) groups excluding carboxylic acids is 1. The van der Waals surface area contributed by atoms with Gasteiger partial charge in [-0.05, 0) is 24.3 Å². The summed E-state index contributed by atoms with van der Waals surface area (Å²) < 4.78 is 1.04. The Morgan fingerprint density at radius 3 is 2.50 bits per heavy atom. The van der Waals surface area contributed by atoms with Crippen LogP contribution in [0.25, 0.3) is 10.9 Å². The number of nitrogens with zero attached hydrogens (tertiary/aromatic N) is 2. The topological polar surface area (TPSA) is 72.2 Å². The molecule has 3 rings (SSSR count). The van der Waals surface area contributed by atoms with E-state index in [0.29, 0.717) is 15.9 Å². The van der Waals surface area contributed by atoms with E-state index in [0.717, 1.165) is 4.68 Å². The summed E-state index contributed by atoms with van der Waals surface area (Å²) in [6.07, 6.45) is 0. The van der Waals surface area contributed by atoms with Crippen LogP contribution in [0.5, 0.6) is 0 Å². The number of hydrogen-bond acceptors (Lipinski definition) is 3. The van der Waals surface area contributed by atoms with Gasteiger partial charge < -0.3 is 5.11 Å². The number of aromatic carboxylic acids is 1. The molecule has 1 N–H and O–H groups in total. The summed E-state index contributed by atoms with van der Waals surface area (Å²) in [6, 6.07) is 11.0. The van der Waals surface area contributed by atoms with E-state index in [4.69, 9.17) is 23.2 Å². The molecule has 0 amide bonds. The molecule has 1 aromatic heterocycles. The van der Waals surface area contributed by atoms with Gasteiger partial charge in [-0.1, -0.05) is 41.4 Å². The van der Waals surface area contributed by atoms with Gasteiger partial charge in [0.25, 0.3) is 5.91 Å². The average Bonchev–Trinajstić information content (AvgIpc) is 2.86. The van der Waals surface area contributed by atoms with Crippen molar-refractivity contribution >= 4 is 46.0 Å². The lowest BCUT2D eigenvalue weighted by molar-refractivity contribution is 0.0691. The molecule has 110 valence electrons. The molecule has 0 aliphatic rings. The van der Waals surface area contributed by atoms with Crippen LogP contribution >= 0.6 is 23.2 Å². The number of carboxylic acid groups (broad SMARTS) is 1. The zero-order valence-corrected chi connectivity index (χ0v) is 12.5. The number of fused-ring (bicyclic) bond motifs is 1. The summed E-state index contributed by atoms with van der Waals surface area (Å²) in [6.45, 7) is 0. The summed E-state index contributed by atoms with van der Waals surface area (Å²) in [5.41, 5.74) is 0.404. The Morgan fingerprint density at radius 2 is 1.82 bits per heavy atom. The zero-order chi connectivity index (χ0) is 15.9. The number of aromatic nitrogens is 2. The smallest absolute Gasteiger partial charge is 0.357 e. The van der Waals surface area contributed by atoms with Gasteiger partial charge in [0.2, 0.25) is 0 Å². The third kappa shape index (κ3) is 2.34. The lowest BCUT2D eigenvalue weighted by atomic mass is 10.2. The average molecular weight is 335 g/mol. The number of carboxylic acids is 1. The van der Waals surface area contributed by atoms with Crippen molar-refractivity contribution in [1.29, 1.82) is 0 Å². The molecule has 0 fully saturated rings. The number of halogens is 2. The van der Waals surface area contributed by atoms with E-state index in [1.807, 2.05) is 0 Å². The van der Waals surface area contributed by atoms with Crippen molar-refractivity contribution < 1.29 is 14.7 Å². The van der Waals surface area contributed by atoms with Gasteiger partial charge in [-0.15, -0.1) is 0 Å². The fourth-order valence-electron chi connectivity index (χ4n) is 2.16. The summed E-state index contributed by atoms with van der Waals surface area (Å²) in [5, 5.41) is 14.1. The molecule has 0 radical (unpaired) electrons. The van der Waals surface area contributed by atoms with Crippen LogP contribution in [0.1, 0.15) is 20.8 Å². The molecule has 0 bridgehead atoms. The Balaban J connectivity index is 2.21. The largest absolute Gasteiger partial charge is 0.476 e. The minimum atomic E-state index is -1.20. The summed E-state index contributed by atoms with van der Waals surface area (Å²) in [5.74, 6) is -1.73. The van der Waals surface area contributed by atoms with E-state index in [1.54, 1.807) is 24.3 Å². The third-order valence-corrected chi connectivity index (χ3v) is 3.69. The minimum absolute atomic E-state index is 0.175. The maximum Gasteiger partial charge on any atom is 0.357 e. The van der Waals surface area contributed by atoms with Crippen LogP contribution in [0, 0.1) is 0 Å². The molecule has 5 nitrogen and oxygen atoms in total. The van der Waals surface area contributed by atoms with Crippen LogP contribution in [-0.2, 0) is 0 Å². The second-order valence-corrected chi connectivity index (χ2v) is 5.36. The van der Waals surface area contributed by atoms with Crippen LogP contribution in [-0.4, -0.2) is 26.8 Å². The highest BCUT2D eigenvalue weighted by atomic mass is 35.5. The summed E-state index contributed by atoms with van der Waals surface area (Å²) in [4.78, 5) is 23.9. The van der Waals surface area contributed by atoms with Crippen molar-refractivity contribution in [2.75, 3.05) is 0 Å². The molecule has 22 heavy (non-hydrogen) atoms. The molecule has 0 spiro atoms. The van der Waals surface area contributed by atoms with Crippen LogP contribution in [0.2, 0.25) is 10.0 Å². The molecule has 0 saturated carbocycles. The Morgan fingerprint density at radius 1 is 1.09 bits per heavy atom. The summed E-state index contributed by atoms with van der Waals surface area (Å²) >= 11 is 11.8. The highest BCUT2D eigenvalue weighted by molar-refractivity contribution is 6.36. The third-order valence-electron chi connectivity index (χ3n) is 3.14. The molecule has 1 heterocycles. The normalized spacial score (nSPS) is 10.8. The van der Waals surface area contributed by atoms with Crippen LogP contribution in [0.4, 0.5) is 0 Å². The van der Waals surface area contributed by atoms with E-state index in [-0.39, 0.29) is 16.3 Å². The molecule has 7 heteroatoms. The van der Waals surface area contributed by atoms with Crippen molar-refractivity contribution in [1.82, 2.24) is 9.78 Å². The summed E-state index contributed by atoms with van der Waals surface area (Å²) in [7, 11) is 0. The second kappa shape index (κ2) is 5.44. The highest BCUT2D eigenvalue weighted by Crippen LogP contribution is 2.24. The fraction of sp³-hybridized carbons (Fsp3) is 0. The van der Waals surface area contributed by atoms with Gasteiger partial charge in [0, 0.05) is 10.4 Å². The van der Waals surface area contributed by atoms with Crippen molar-refractivity contribution in [3.63, 3.8) is 0 Å². The van der Waals surface area contributed by atoms with E-state index in [9.17, 15) is 14.7 Å². The van der Waals surface area contributed by atoms with Crippen LogP contribution < -0.4 is 0 Å². The molecule has 3 aromatic rings. The molecule has 0 atom stereocenters. The van der Waals surface area contributed by atoms with Gasteiger partial charge in [0.1, 0.15) is 0 Å². The minimum Gasteiger partial charge on any atom is -0.476 e. The van der Waals surface area contributed by atoms with Gasteiger partial charge >= 0.3 is 5.97 Å². The standard InChI is InChI=1S/C15H8Cl2N2O3/c16-8-5-6-9(11(17)7-8)14(20)19-12-4-2-1-3-10(12)13(18-19)15(21)22/h1-7H,(H,21,22). The van der Waals surface area contributed by atoms with Crippen molar-refractivity contribution in [2.24, 2.45) is 0 Å². The maximum absolute atomic E-state index is 12.6. The number of hydrogen-bond donors (Lipinski definition) is 1. The highest BCUT2D eigenvalue weighted by Gasteiger charge is 2.21. The molecule has 0 unspecified atom stereocenters. The first kappa shape index (κ1) is 14.6. The van der Waals surface area contributed by atoms with E-state index in [2.05, 4.69) is 5.10 Å². The predicted octanol–water partition coefficient (Wildman–Crippen LogP) is 3.73. The molecular weight excluding hydrogens is 327 g/mol. The van der Waals surface area contributed by atoms with E-state index >= 15 is 0 Å². The van der Waals surface area contributed by atoms with Gasteiger partial charge in [-0.25, -0.2) is 4.79 Å². The first-order valence-electron chi connectivity index (χ1n) is 6.20. The molecular formula is C15H8Cl2N2O3. The molecule has 0 aliphatic heterocycles. The van der Waals surface area contributed by atoms with Gasteiger partial charge in [0.15, 0.2) is 5.69 Å². The number of rotatable bonds is 2. The van der Waals surface area contributed by atoms with Gasteiger partial charge in [-0.2, -0.15) is 9.78 Å². The lowest BCUT2D eigenvalue weighted by Gasteiger charge is -2.05. The first-order valence-corrected chi connectivity index (χ1v) is 6.95. The molecule has 2 aromatic carbocycles. The number of para-hydroxylation sites is 1. The van der Waals surface area contributed by atoms with Crippen molar-refractivity contribution in [2.45, 2.75) is 0 Å². The van der Waals surface area contributed by atoms with E-state index < -0.39 is 11.9 Å². The second-order valence-electron chi connectivity index (χ2n) is 4.51. The van der Waals surface area contributed by atoms with Crippen LogP contribution in [0.3, 0.4) is 0 Å². The number of carbonyl (C=O) groups is 2. The first-order chi connectivity index (χ1) is 10.5. The molecule has 0 saturated heterocycles. The maximum atomic E-state index is 12.6. The fourth-order valence-corrected chi connectivity index (χ4v) is 2.65. The molecule has 0 aliphatic carbocycles. The predicted molar refractivity (Wildman–Crippen MR) is 82.9 cm³/mol. The Hall–Kier alpha value is -2.37. The lowest BCUT2D eigenvalue weighted by Crippen LogP contribution is -2.15. The van der Waals surface area contributed by atoms with E-state index in [1.165, 1.54) is 18.2 Å². The Labute approximate surface area is 134 Å². The zero-order valence-electron chi connectivity index (χ0n) is 11.0. The number of benzene rings is 2. The Kier molecular flexibility index (Phi) is 3.60. The van der Waals surface area contributed by atoms with Gasteiger partial charge in [0.05, 0.1) is 16.1 Å². The van der Waals surface area contributed by atoms with Crippen molar-refractivity contribution in [3.05, 3.63) is 63.8 Å². The van der Waals surface area contributed by atoms with Crippen LogP contribution in [0.15, 0.2) is 42.5 Å². The monoisotopic (exact) mass is 334 g/mol. The Bertz CT molecular complexity index is 918.